The molecule has 0 amide bonds. The van der Waals surface area contributed by atoms with Crippen LogP contribution in [0.2, 0.25) is 0 Å². The highest BCUT2D eigenvalue weighted by atomic mass is 32.1. The molecule has 0 fully saturated rings. The molecule has 0 aliphatic heterocycles. The number of carbonyl (C=O) groups is 1. The molecule has 1 heterocycles. The Morgan fingerprint density at radius 2 is 1.81 bits per heavy atom. The van der Waals surface area contributed by atoms with E-state index in [2.05, 4.69) is 4.98 Å². The Morgan fingerprint density at radius 3 is 2.38 bits per heavy atom. The summed E-state index contributed by atoms with van der Waals surface area (Å²) in [5.74, 6) is 0.00175. The van der Waals surface area contributed by atoms with Crippen LogP contribution in [-0.2, 0) is 4.79 Å². The summed E-state index contributed by atoms with van der Waals surface area (Å²) in [6, 6.07) is 7.95. The quantitative estimate of drug-likeness (QED) is 0.922. The Hall–Kier alpha value is -1.94. The molecule has 110 valence electrons. The number of benzene rings is 1. The average molecular weight is 301 g/mol. The second-order valence-electron chi connectivity index (χ2n) is 6.10. The van der Waals surface area contributed by atoms with E-state index in [0.717, 1.165) is 5.56 Å². The van der Waals surface area contributed by atoms with Gasteiger partial charge in [0, 0.05) is 11.5 Å². The maximum Gasteiger partial charge on any atom is 0.266 e. The maximum atomic E-state index is 12.0. The molecular formula is C17H19NO2S. The van der Waals surface area contributed by atoms with Crippen molar-refractivity contribution in [2.45, 2.75) is 27.7 Å². The smallest absolute Gasteiger partial charge is 0.266 e. The minimum Gasteiger partial charge on any atom is -0.313 e. The lowest BCUT2D eigenvalue weighted by molar-refractivity contribution is -0.119. The van der Waals surface area contributed by atoms with E-state index in [9.17, 15) is 9.59 Å². The van der Waals surface area contributed by atoms with Gasteiger partial charge in [0.25, 0.3) is 5.56 Å². The zero-order valence-corrected chi connectivity index (χ0v) is 13.5. The van der Waals surface area contributed by atoms with Crippen molar-refractivity contribution < 1.29 is 4.79 Å². The molecule has 1 aromatic carbocycles. The number of aromatic nitrogens is 1. The zero-order valence-electron chi connectivity index (χ0n) is 12.7. The number of aromatic amines is 1. The van der Waals surface area contributed by atoms with Crippen molar-refractivity contribution in [3.63, 3.8) is 0 Å². The van der Waals surface area contributed by atoms with Crippen molar-refractivity contribution in [1.82, 2.24) is 4.98 Å². The van der Waals surface area contributed by atoms with Gasteiger partial charge in [-0.1, -0.05) is 50.6 Å². The molecule has 0 saturated carbocycles. The van der Waals surface area contributed by atoms with Crippen molar-refractivity contribution in [2.75, 3.05) is 0 Å². The predicted octanol–water partition coefficient (Wildman–Crippen LogP) is 1.97. The zero-order chi connectivity index (χ0) is 15.6. The molecule has 4 heteroatoms. The first kappa shape index (κ1) is 15.4. The van der Waals surface area contributed by atoms with Crippen molar-refractivity contribution in [3.05, 3.63) is 54.9 Å². The number of nitrogens with one attached hydrogen (secondary N) is 1. The largest absolute Gasteiger partial charge is 0.313 e. The van der Waals surface area contributed by atoms with Crippen molar-refractivity contribution >= 4 is 29.3 Å². The number of rotatable bonds is 2. The first-order chi connectivity index (χ1) is 9.75. The second-order valence-corrected chi connectivity index (χ2v) is 7.18. The molecule has 2 rings (SSSR count). The first-order valence-electron chi connectivity index (χ1n) is 6.79. The van der Waals surface area contributed by atoms with Crippen molar-refractivity contribution in [1.29, 1.82) is 0 Å². The minimum atomic E-state index is -0.443. The van der Waals surface area contributed by atoms with Crippen LogP contribution in [0.1, 0.15) is 31.9 Å². The predicted molar refractivity (Wildman–Crippen MR) is 87.9 cm³/mol. The van der Waals surface area contributed by atoms with Crippen LogP contribution in [0.15, 0.2) is 29.1 Å². The van der Waals surface area contributed by atoms with Gasteiger partial charge in [-0.15, -0.1) is 11.3 Å². The van der Waals surface area contributed by atoms with Gasteiger partial charge in [-0.3, -0.25) is 9.59 Å². The fraction of sp³-hybridized carbons (Fsp3) is 0.294. The third kappa shape index (κ3) is 4.02. The number of Topliss-reactive ketones (excluding diaryl/α,β-unsaturated/α-hetero) is 1. The number of carbonyl (C=O) groups excluding carboxylic acids is 1. The number of H-pyrrole nitrogens is 1. The van der Waals surface area contributed by atoms with E-state index in [1.54, 1.807) is 0 Å². The highest BCUT2D eigenvalue weighted by Gasteiger charge is 2.18. The number of aryl methyl sites for hydroxylation is 1. The van der Waals surface area contributed by atoms with Gasteiger partial charge in [0.2, 0.25) is 0 Å². The van der Waals surface area contributed by atoms with Crippen molar-refractivity contribution in [3.8, 4) is 0 Å². The van der Waals surface area contributed by atoms with Gasteiger partial charge >= 0.3 is 0 Å². The van der Waals surface area contributed by atoms with Gasteiger partial charge < -0.3 is 4.98 Å². The van der Waals surface area contributed by atoms with E-state index in [0.29, 0.717) is 9.20 Å². The Labute approximate surface area is 127 Å². The molecule has 0 spiro atoms. The Morgan fingerprint density at radius 1 is 1.19 bits per heavy atom. The van der Waals surface area contributed by atoms with Crippen LogP contribution in [0.4, 0.5) is 0 Å². The van der Waals surface area contributed by atoms with Gasteiger partial charge in [0.05, 0.1) is 9.20 Å². The third-order valence-corrected chi connectivity index (χ3v) is 4.02. The van der Waals surface area contributed by atoms with Crippen LogP contribution < -0.4 is 14.8 Å². The summed E-state index contributed by atoms with van der Waals surface area (Å²) in [6.07, 6.45) is 3.35. The summed E-state index contributed by atoms with van der Waals surface area (Å²) in [6.45, 7) is 7.59. The van der Waals surface area contributed by atoms with Gasteiger partial charge in [-0.2, -0.15) is 0 Å². The Balaban J connectivity index is 2.45. The maximum absolute atomic E-state index is 12.0. The fourth-order valence-corrected chi connectivity index (χ4v) is 2.56. The van der Waals surface area contributed by atoms with E-state index in [1.165, 1.54) is 23.0 Å². The summed E-state index contributed by atoms with van der Waals surface area (Å²) < 4.78 is 1.20. The van der Waals surface area contributed by atoms with Crippen LogP contribution >= 0.6 is 11.3 Å². The van der Waals surface area contributed by atoms with Gasteiger partial charge in [0.15, 0.2) is 5.78 Å². The Kier molecular flexibility index (Phi) is 4.28. The summed E-state index contributed by atoms with van der Waals surface area (Å²) in [7, 11) is 0. The molecule has 21 heavy (non-hydrogen) atoms. The first-order valence-corrected chi connectivity index (χ1v) is 7.61. The number of hydrogen-bond donors (Lipinski definition) is 1. The SMILES string of the molecule is Cc1ccc(C=c2sc(=CC(=O)C(C)(C)C)[nH]c2=O)cc1. The summed E-state index contributed by atoms with van der Waals surface area (Å²) in [5.41, 5.74) is 1.55. The third-order valence-electron chi connectivity index (χ3n) is 3.06. The molecule has 0 saturated heterocycles. The van der Waals surface area contributed by atoms with E-state index in [1.807, 2.05) is 58.0 Å². The standard InChI is InChI=1S/C17H19NO2S/c1-11-5-7-12(8-6-11)9-13-16(20)18-15(21-13)10-14(19)17(2,3)4/h5-10H,1-4H3,(H,18,20). The van der Waals surface area contributed by atoms with Crippen LogP contribution in [-0.4, -0.2) is 10.8 Å². The molecular weight excluding hydrogens is 282 g/mol. The lowest BCUT2D eigenvalue weighted by Crippen LogP contribution is -2.22. The fourth-order valence-electron chi connectivity index (χ4n) is 1.67. The van der Waals surface area contributed by atoms with Crippen molar-refractivity contribution in [2.24, 2.45) is 5.41 Å². The van der Waals surface area contributed by atoms with E-state index in [4.69, 9.17) is 0 Å². The average Bonchev–Trinajstić information content (AvgIpc) is 2.71. The van der Waals surface area contributed by atoms with Crippen LogP contribution in [0.3, 0.4) is 0 Å². The molecule has 0 bridgehead atoms. The molecule has 2 aromatic rings. The Bertz CT molecular complexity index is 817. The molecule has 0 atom stereocenters. The van der Waals surface area contributed by atoms with E-state index >= 15 is 0 Å². The summed E-state index contributed by atoms with van der Waals surface area (Å²) in [5, 5.41) is 0. The molecule has 0 radical (unpaired) electrons. The normalized spacial score (nSPS) is 13.7. The highest BCUT2D eigenvalue weighted by molar-refractivity contribution is 7.07. The molecule has 0 aliphatic rings. The van der Waals surface area contributed by atoms with Crippen LogP contribution in [0, 0.1) is 12.3 Å². The highest BCUT2D eigenvalue weighted by Crippen LogP contribution is 2.14. The number of hydrogen-bond acceptors (Lipinski definition) is 3. The molecule has 3 nitrogen and oxygen atoms in total. The van der Waals surface area contributed by atoms with Gasteiger partial charge in [-0.05, 0) is 18.6 Å². The van der Waals surface area contributed by atoms with Gasteiger partial charge in [0.1, 0.15) is 0 Å². The number of ketones is 1. The lowest BCUT2D eigenvalue weighted by Gasteiger charge is -2.12. The summed E-state index contributed by atoms with van der Waals surface area (Å²) >= 11 is 1.30. The molecule has 1 aromatic heterocycles. The lowest BCUT2D eigenvalue weighted by atomic mass is 9.91. The topological polar surface area (TPSA) is 49.9 Å². The molecule has 1 N–H and O–H groups in total. The minimum absolute atomic E-state index is 0.00175. The molecule has 0 unspecified atom stereocenters. The number of thiazole rings is 1. The van der Waals surface area contributed by atoms with Crippen LogP contribution in [0.25, 0.3) is 12.2 Å². The van der Waals surface area contributed by atoms with Crippen LogP contribution in [0.5, 0.6) is 0 Å². The van der Waals surface area contributed by atoms with Gasteiger partial charge in [-0.25, -0.2) is 0 Å². The molecule has 0 aliphatic carbocycles. The monoisotopic (exact) mass is 301 g/mol. The summed E-state index contributed by atoms with van der Waals surface area (Å²) in [4.78, 5) is 26.6. The second kappa shape index (κ2) is 5.82. The van der Waals surface area contributed by atoms with E-state index < -0.39 is 5.41 Å². The van der Waals surface area contributed by atoms with E-state index in [-0.39, 0.29) is 11.3 Å².